The average Bonchev–Trinajstić information content (AvgIpc) is 2.77. The van der Waals surface area contributed by atoms with Crippen LogP contribution in [0.4, 0.5) is 0 Å². The molecule has 0 aromatic rings. The zero-order valence-corrected chi connectivity index (χ0v) is 19.8. The van der Waals surface area contributed by atoms with E-state index in [1.807, 2.05) is 6.92 Å². The number of hydrogen-bond donors (Lipinski definition) is 2. The molecule has 2 aliphatic rings. The highest BCUT2D eigenvalue weighted by molar-refractivity contribution is 5.74. The smallest absolute Gasteiger partial charge is 0.284 e. The topological polar surface area (TPSA) is 70.5 Å². The van der Waals surface area contributed by atoms with Crippen LogP contribution >= 0.6 is 0 Å². The molecule has 2 fully saturated rings. The van der Waals surface area contributed by atoms with Crippen molar-refractivity contribution in [3.63, 3.8) is 0 Å². The van der Waals surface area contributed by atoms with E-state index in [-0.39, 0.29) is 0 Å². The first-order valence-electron chi connectivity index (χ1n) is 12.0. The van der Waals surface area contributed by atoms with E-state index in [0.29, 0.717) is 18.1 Å². The molecule has 2 aliphatic carbocycles. The molecule has 0 radical (unpaired) electrons. The Bertz CT molecular complexity index is 512. The van der Waals surface area contributed by atoms with Crippen LogP contribution in [0.25, 0.3) is 0 Å². The second-order valence-corrected chi connectivity index (χ2v) is 8.83. The molecule has 174 valence electrons. The summed E-state index contributed by atoms with van der Waals surface area (Å²) >= 11 is 0. The van der Waals surface area contributed by atoms with Gasteiger partial charge in [0.1, 0.15) is 0 Å². The van der Waals surface area contributed by atoms with Gasteiger partial charge in [0.25, 0.3) is 12.0 Å². The second-order valence-electron chi connectivity index (χ2n) is 8.83. The van der Waals surface area contributed by atoms with Crippen molar-refractivity contribution < 1.29 is 9.47 Å². The van der Waals surface area contributed by atoms with Crippen LogP contribution in [0, 0.1) is 5.92 Å². The Morgan fingerprint density at radius 2 is 1.67 bits per heavy atom. The van der Waals surface area contributed by atoms with Crippen molar-refractivity contribution in [3.05, 3.63) is 0 Å². The summed E-state index contributed by atoms with van der Waals surface area (Å²) in [6, 6.07) is 2.36. The Morgan fingerprint density at radius 3 is 2.30 bits per heavy atom. The number of hydrogen-bond acceptors (Lipinski definition) is 5. The lowest BCUT2D eigenvalue weighted by atomic mass is 9.86. The SMILES string of the molecule is CCN/C(=N/CCCN(C)CC1CCC(N/C(=N/C2CCCCC2)OC)CC1)OC. The van der Waals surface area contributed by atoms with Gasteiger partial charge in [0.2, 0.25) is 0 Å². The fourth-order valence-corrected chi connectivity index (χ4v) is 4.59. The van der Waals surface area contributed by atoms with Gasteiger partial charge in [0.15, 0.2) is 0 Å². The number of nitrogens with zero attached hydrogens (tertiary/aromatic N) is 3. The highest BCUT2D eigenvalue weighted by Gasteiger charge is 2.23. The number of nitrogens with one attached hydrogen (secondary N) is 2. The van der Waals surface area contributed by atoms with Gasteiger partial charge in [-0.15, -0.1) is 0 Å². The van der Waals surface area contributed by atoms with Crippen molar-refractivity contribution >= 4 is 12.0 Å². The molecule has 30 heavy (non-hydrogen) atoms. The lowest BCUT2D eigenvalue weighted by Crippen LogP contribution is -2.40. The maximum atomic E-state index is 5.55. The Balaban J connectivity index is 1.63. The van der Waals surface area contributed by atoms with E-state index < -0.39 is 0 Å². The molecule has 0 aromatic carbocycles. The minimum Gasteiger partial charge on any atom is -0.469 e. The molecule has 2 rings (SSSR count). The molecule has 0 aromatic heterocycles. The number of methoxy groups -OCH3 is 2. The number of aliphatic imine (C=N–C) groups is 2. The maximum Gasteiger partial charge on any atom is 0.284 e. The van der Waals surface area contributed by atoms with Crippen LogP contribution in [0.5, 0.6) is 0 Å². The van der Waals surface area contributed by atoms with Gasteiger partial charge in [-0.1, -0.05) is 19.3 Å². The normalized spacial score (nSPS) is 24.0. The van der Waals surface area contributed by atoms with Crippen molar-refractivity contribution in [2.24, 2.45) is 15.9 Å². The number of ether oxygens (including phenoxy) is 2. The van der Waals surface area contributed by atoms with Crippen molar-refractivity contribution in [2.75, 3.05) is 47.4 Å². The quantitative estimate of drug-likeness (QED) is 0.338. The molecule has 0 saturated heterocycles. The summed E-state index contributed by atoms with van der Waals surface area (Å²) in [6.45, 7) is 5.94. The van der Waals surface area contributed by atoms with Crippen LogP contribution < -0.4 is 10.6 Å². The monoisotopic (exact) mass is 423 g/mol. The average molecular weight is 424 g/mol. The summed E-state index contributed by atoms with van der Waals surface area (Å²) < 4.78 is 10.8. The van der Waals surface area contributed by atoms with Crippen molar-refractivity contribution in [3.8, 4) is 0 Å². The van der Waals surface area contributed by atoms with E-state index in [2.05, 4.69) is 27.6 Å². The summed E-state index contributed by atoms with van der Waals surface area (Å²) in [7, 11) is 5.64. The maximum absolute atomic E-state index is 5.55. The fraction of sp³-hybridized carbons (Fsp3) is 0.913. The molecule has 0 bridgehead atoms. The van der Waals surface area contributed by atoms with Crippen molar-refractivity contribution in [1.82, 2.24) is 15.5 Å². The van der Waals surface area contributed by atoms with E-state index in [1.165, 1.54) is 64.3 Å². The molecular weight excluding hydrogens is 378 g/mol. The third-order valence-corrected chi connectivity index (χ3v) is 6.29. The summed E-state index contributed by atoms with van der Waals surface area (Å²) in [4.78, 5) is 11.8. The molecule has 0 heterocycles. The first kappa shape index (κ1) is 24.8. The molecule has 0 amide bonds. The Labute approximate surface area is 184 Å². The molecule has 0 unspecified atom stereocenters. The van der Waals surface area contributed by atoms with Gasteiger partial charge in [0, 0.05) is 25.7 Å². The van der Waals surface area contributed by atoms with Gasteiger partial charge in [-0.05, 0) is 71.4 Å². The summed E-state index contributed by atoms with van der Waals surface area (Å²) in [5.41, 5.74) is 0. The van der Waals surface area contributed by atoms with Gasteiger partial charge in [-0.25, -0.2) is 9.98 Å². The lowest BCUT2D eigenvalue weighted by molar-refractivity contribution is 0.214. The first-order valence-corrected chi connectivity index (χ1v) is 12.0. The number of amidine groups is 2. The van der Waals surface area contributed by atoms with Gasteiger partial charge in [-0.2, -0.15) is 0 Å². The van der Waals surface area contributed by atoms with Crippen molar-refractivity contribution in [2.45, 2.75) is 83.2 Å². The highest BCUT2D eigenvalue weighted by Crippen LogP contribution is 2.25. The molecular formula is C23H45N5O2. The van der Waals surface area contributed by atoms with Gasteiger partial charge in [0.05, 0.1) is 20.3 Å². The van der Waals surface area contributed by atoms with Gasteiger partial charge in [-0.3, -0.25) is 0 Å². The first-order chi connectivity index (χ1) is 14.6. The molecule has 2 saturated carbocycles. The molecule has 0 spiro atoms. The fourth-order valence-electron chi connectivity index (χ4n) is 4.59. The van der Waals surface area contributed by atoms with E-state index >= 15 is 0 Å². The Morgan fingerprint density at radius 1 is 0.967 bits per heavy atom. The van der Waals surface area contributed by atoms with Gasteiger partial charge >= 0.3 is 0 Å². The summed E-state index contributed by atoms with van der Waals surface area (Å²) in [5.74, 6) is 0.786. The van der Waals surface area contributed by atoms with E-state index in [0.717, 1.165) is 38.0 Å². The van der Waals surface area contributed by atoms with Crippen LogP contribution in [-0.4, -0.2) is 76.5 Å². The standard InChI is InChI=1S/C23H45N5O2/c1-5-24-22(29-3)25-16-9-17-28(2)18-19-12-14-21(15-13-19)27-23(30-4)26-20-10-7-6-8-11-20/h19-21H,5-18H2,1-4H3,(H,24,25)(H,26,27). The highest BCUT2D eigenvalue weighted by atomic mass is 16.5. The van der Waals surface area contributed by atoms with Gasteiger partial charge < -0.3 is 25.0 Å². The van der Waals surface area contributed by atoms with E-state index in [1.54, 1.807) is 14.2 Å². The molecule has 0 atom stereocenters. The molecule has 7 nitrogen and oxygen atoms in total. The van der Waals surface area contributed by atoms with Crippen LogP contribution in [0.2, 0.25) is 0 Å². The minimum absolute atomic E-state index is 0.452. The second kappa shape index (κ2) is 14.5. The van der Waals surface area contributed by atoms with Crippen molar-refractivity contribution in [1.29, 1.82) is 0 Å². The minimum atomic E-state index is 0.452. The van der Waals surface area contributed by atoms with Crippen LogP contribution in [0.15, 0.2) is 9.98 Å². The van der Waals surface area contributed by atoms with Crippen LogP contribution in [0.1, 0.15) is 71.1 Å². The Kier molecular flexibility index (Phi) is 12.0. The predicted molar refractivity (Wildman–Crippen MR) is 125 cm³/mol. The molecule has 7 heteroatoms. The summed E-state index contributed by atoms with van der Waals surface area (Å²) in [6.07, 6.45) is 12.4. The third kappa shape index (κ3) is 9.54. The largest absolute Gasteiger partial charge is 0.469 e. The van der Waals surface area contributed by atoms with Crippen LogP contribution in [-0.2, 0) is 9.47 Å². The Hall–Kier alpha value is -1.50. The zero-order chi connectivity index (χ0) is 21.6. The lowest BCUT2D eigenvalue weighted by Gasteiger charge is -2.32. The van der Waals surface area contributed by atoms with Crippen LogP contribution in [0.3, 0.4) is 0 Å². The third-order valence-electron chi connectivity index (χ3n) is 6.29. The summed E-state index contributed by atoms with van der Waals surface area (Å²) in [5, 5.41) is 6.70. The van der Waals surface area contributed by atoms with E-state index in [9.17, 15) is 0 Å². The zero-order valence-electron chi connectivity index (χ0n) is 19.8. The van der Waals surface area contributed by atoms with E-state index in [4.69, 9.17) is 14.5 Å². The predicted octanol–water partition coefficient (Wildman–Crippen LogP) is 3.40. The molecule has 0 aliphatic heterocycles. The number of rotatable bonds is 9. The molecule has 2 N–H and O–H groups in total.